The Morgan fingerprint density at radius 2 is 2.00 bits per heavy atom. The topological polar surface area (TPSA) is 52.6 Å². The molecule has 0 radical (unpaired) electrons. The molecule has 2 N–H and O–H groups in total. The smallest absolute Gasteiger partial charge is 0.207 e. The Morgan fingerprint density at radius 1 is 1.47 bits per heavy atom. The van der Waals surface area contributed by atoms with Gasteiger partial charge in [-0.2, -0.15) is 0 Å². The van der Waals surface area contributed by atoms with E-state index in [2.05, 4.69) is 24.2 Å². The lowest BCUT2D eigenvalue weighted by Crippen LogP contribution is -2.41. The molecule has 1 amide bonds. The Bertz CT molecular complexity index is 176. The van der Waals surface area contributed by atoms with E-state index in [1.807, 2.05) is 13.8 Å². The van der Waals surface area contributed by atoms with E-state index in [1.165, 1.54) is 19.5 Å². The Kier molecular flexibility index (Phi) is 11.6. The second kappa shape index (κ2) is 10.5. The Morgan fingerprint density at radius 3 is 2.12 bits per heavy atom. The van der Waals surface area contributed by atoms with Crippen LogP contribution in [0.25, 0.3) is 0 Å². The average molecular weight is 246 g/mol. The molecule has 1 heterocycles. The van der Waals surface area contributed by atoms with Crippen molar-refractivity contribution in [1.82, 2.24) is 10.2 Å². The van der Waals surface area contributed by atoms with Gasteiger partial charge in [0.25, 0.3) is 0 Å². The molecule has 4 nitrogen and oxygen atoms in total. The molecular formula is C13H30N2O2. The molecule has 1 aliphatic rings. The molecule has 4 heteroatoms. The van der Waals surface area contributed by atoms with Gasteiger partial charge < -0.3 is 15.3 Å². The van der Waals surface area contributed by atoms with E-state index in [0.29, 0.717) is 6.41 Å². The molecule has 1 fully saturated rings. The average Bonchev–Trinajstić information content (AvgIpc) is 2.66. The molecule has 0 spiro atoms. The van der Waals surface area contributed by atoms with Crippen molar-refractivity contribution in [2.24, 2.45) is 5.92 Å². The fraction of sp³-hybridized carbons (Fsp3) is 0.923. The van der Waals surface area contributed by atoms with Crippen molar-refractivity contribution in [1.29, 1.82) is 0 Å². The van der Waals surface area contributed by atoms with Gasteiger partial charge in [-0.1, -0.05) is 20.8 Å². The number of nitrogens with one attached hydrogen (secondary N) is 1. The van der Waals surface area contributed by atoms with Crippen LogP contribution in [0.2, 0.25) is 0 Å². The highest BCUT2D eigenvalue weighted by Gasteiger charge is 2.13. The van der Waals surface area contributed by atoms with Crippen LogP contribution in [0.5, 0.6) is 0 Å². The van der Waals surface area contributed by atoms with Crippen molar-refractivity contribution in [3.05, 3.63) is 0 Å². The molecule has 1 aliphatic heterocycles. The fourth-order valence-electron chi connectivity index (χ4n) is 1.36. The van der Waals surface area contributed by atoms with E-state index in [4.69, 9.17) is 5.11 Å². The van der Waals surface area contributed by atoms with Crippen molar-refractivity contribution in [3.8, 4) is 0 Å². The third kappa shape index (κ3) is 11.6. The van der Waals surface area contributed by atoms with Crippen LogP contribution < -0.4 is 5.32 Å². The molecule has 1 saturated heterocycles. The predicted molar refractivity (Wildman–Crippen MR) is 73.0 cm³/mol. The first-order valence-electron chi connectivity index (χ1n) is 6.42. The van der Waals surface area contributed by atoms with E-state index in [0.717, 1.165) is 5.92 Å². The number of likely N-dealkylation sites (tertiary alicyclic amines) is 1. The molecule has 17 heavy (non-hydrogen) atoms. The molecule has 1 atom stereocenters. The van der Waals surface area contributed by atoms with Crippen LogP contribution in [0, 0.1) is 5.92 Å². The molecular weight excluding hydrogens is 216 g/mol. The van der Waals surface area contributed by atoms with Crippen molar-refractivity contribution < 1.29 is 9.90 Å². The van der Waals surface area contributed by atoms with Crippen LogP contribution in [0.15, 0.2) is 0 Å². The lowest BCUT2D eigenvalue weighted by molar-refractivity contribution is -0.111. The minimum atomic E-state index is -0.470. The van der Waals surface area contributed by atoms with Crippen LogP contribution >= 0.6 is 0 Å². The molecule has 0 aromatic rings. The van der Waals surface area contributed by atoms with Gasteiger partial charge >= 0.3 is 0 Å². The van der Waals surface area contributed by atoms with Crippen molar-refractivity contribution in [2.45, 2.75) is 46.6 Å². The van der Waals surface area contributed by atoms with Gasteiger partial charge in [-0.15, -0.1) is 0 Å². The Hall–Kier alpha value is -0.610. The van der Waals surface area contributed by atoms with Gasteiger partial charge in [-0.25, -0.2) is 0 Å². The van der Waals surface area contributed by atoms with Crippen molar-refractivity contribution in [3.63, 3.8) is 0 Å². The number of nitrogens with zero attached hydrogens (tertiary/aromatic N) is 1. The SMILES string of the molecule is CC.CC(C)(CO)NC=O.CC1CCN(C)C1. The highest BCUT2D eigenvalue weighted by Crippen LogP contribution is 2.11. The Balaban J connectivity index is 0. The minimum absolute atomic E-state index is 0.0360. The first-order valence-corrected chi connectivity index (χ1v) is 6.42. The maximum atomic E-state index is 9.76. The van der Waals surface area contributed by atoms with Crippen LogP contribution in [0.3, 0.4) is 0 Å². The van der Waals surface area contributed by atoms with Crippen LogP contribution in [0.4, 0.5) is 0 Å². The molecule has 1 unspecified atom stereocenters. The summed E-state index contributed by atoms with van der Waals surface area (Å²) >= 11 is 0. The van der Waals surface area contributed by atoms with Crippen molar-refractivity contribution >= 4 is 6.41 Å². The summed E-state index contributed by atoms with van der Waals surface area (Å²) in [5.41, 5.74) is -0.470. The van der Waals surface area contributed by atoms with Gasteiger partial charge in [0.15, 0.2) is 0 Å². The van der Waals surface area contributed by atoms with E-state index in [9.17, 15) is 4.79 Å². The van der Waals surface area contributed by atoms with E-state index < -0.39 is 5.54 Å². The minimum Gasteiger partial charge on any atom is -0.394 e. The number of rotatable bonds is 3. The van der Waals surface area contributed by atoms with Gasteiger partial charge in [0.2, 0.25) is 6.41 Å². The lowest BCUT2D eigenvalue weighted by Gasteiger charge is -2.19. The number of carbonyl (C=O) groups excluding carboxylic acids is 1. The van der Waals surface area contributed by atoms with Crippen molar-refractivity contribution in [2.75, 3.05) is 26.7 Å². The summed E-state index contributed by atoms with van der Waals surface area (Å²) in [5, 5.41) is 10.9. The second-order valence-corrected chi connectivity index (χ2v) is 4.96. The summed E-state index contributed by atoms with van der Waals surface area (Å²) in [5.74, 6) is 0.949. The normalized spacial score (nSPS) is 19.6. The van der Waals surface area contributed by atoms with E-state index in [-0.39, 0.29) is 6.61 Å². The van der Waals surface area contributed by atoms with Crippen LogP contribution in [0.1, 0.15) is 41.0 Å². The van der Waals surface area contributed by atoms with Crippen LogP contribution in [-0.4, -0.2) is 48.7 Å². The molecule has 0 bridgehead atoms. The number of aliphatic hydroxyl groups excluding tert-OH is 1. The third-order valence-electron chi connectivity index (χ3n) is 2.47. The summed E-state index contributed by atoms with van der Waals surface area (Å²) in [6, 6.07) is 0. The maximum Gasteiger partial charge on any atom is 0.207 e. The summed E-state index contributed by atoms with van der Waals surface area (Å²) in [4.78, 5) is 12.1. The number of hydrogen-bond acceptors (Lipinski definition) is 3. The molecule has 1 rings (SSSR count). The zero-order chi connectivity index (χ0) is 13.9. The standard InChI is InChI=1S/C6H13N.C5H11NO2.C2H6/c1-6-3-4-7(2)5-6;1-5(2,3-7)6-4-8;1-2/h6H,3-5H2,1-2H3;4,7H,3H2,1-2H3,(H,6,8);1-2H3. The summed E-state index contributed by atoms with van der Waals surface area (Å²) < 4.78 is 0. The third-order valence-corrected chi connectivity index (χ3v) is 2.47. The number of carbonyl (C=O) groups is 1. The summed E-state index contributed by atoms with van der Waals surface area (Å²) in [6.07, 6.45) is 1.98. The number of aliphatic hydroxyl groups is 1. The summed E-state index contributed by atoms with van der Waals surface area (Å²) in [6.45, 7) is 12.4. The molecule has 0 saturated carbocycles. The zero-order valence-electron chi connectivity index (χ0n) is 12.3. The van der Waals surface area contributed by atoms with Gasteiger partial charge in [-0.05, 0) is 39.8 Å². The monoisotopic (exact) mass is 246 g/mol. The predicted octanol–water partition coefficient (Wildman–Crippen LogP) is 1.49. The molecule has 0 aromatic carbocycles. The maximum absolute atomic E-state index is 9.76. The second-order valence-electron chi connectivity index (χ2n) is 4.96. The molecule has 0 aromatic heterocycles. The summed E-state index contributed by atoms with van der Waals surface area (Å²) in [7, 11) is 2.18. The first kappa shape index (κ1) is 18.7. The van der Waals surface area contributed by atoms with Gasteiger partial charge in [0, 0.05) is 6.54 Å². The molecule has 104 valence electrons. The fourth-order valence-corrected chi connectivity index (χ4v) is 1.36. The number of hydrogen-bond donors (Lipinski definition) is 2. The van der Waals surface area contributed by atoms with Gasteiger partial charge in [0.05, 0.1) is 12.1 Å². The largest absolute Gasteiger partial charge is 0.394 e. The van der Waals surface area contributed by atoms with Crippen LogP contribution in [-0.2, 0) is 4.79 Å². The number of amides is 1. The lowest BCUT2D eigenvalue weighted by atomic mass is 10.1. The molecule has 0 aliphatic carbocycles. The first-order chi connectivity index (χ1) is 7.91. The zero-order valence-corrected chi connectivity index (χ0v) is 12.3. The highest BCUT2D eigenvalue weighted by molar-refractivity contribution is 5.47. The van der Waals surface area contributed by atoms with Gasteiger partial charge in [-0.3, -0.25) is 4.79 Å². The van der Waals surface area contributed by atoms with Gasteiger partial charge in [0.1, 0.15) is 0 Å². The van der Waals surface area contributed by atoms with E-state index >= 15 is 0 Å². The highest BCUT2D eigenvalue weighted by atomic mass is 16.3. The Labute approximate surface area is 106 Å². The van der Waals surface area contributed by atoms with E-state index in [1.54, 1.807) is 13.8 Å². The quantitative estimate of drug-likeness (QED) is 0.742.